The molecule has 0 aliphatic carbocycles. The summed E-state index contributed by atoms with van der Waals surface area (Å²) in [5, 5.41) is 2.16. The van der Waals surface area contributed by atoms with Gasteiger partial charge in [-0.1, -0.05) is 6.92 Å². The Morgan fingerprint density at radius 1 is 1.43 bits per heavy atom. The van der Waals surface area contributed by atoms with E-state index in [9.17, 15) is 4.39 Å². The molecule has 0 radical (unpaired) electrons. The van der Waals surface area contributed by atoms with Gasteiger partial charge in [0.1, 0.15) is 5.82 Å². The SMILES string of the molecule is CCc1c(SC)[nH]c2ccc(F)cc12. The molecule has 2 rings (SSSR count). The second kappa shape index (κ2) is 3.65. The van der Waals surface area contributed by atoms with Gasteiger partial charge >= 0.3 is 0 Å². The standard InChI is InChI=1S/C11H12FNS/c1-3-8-9-6-7(12)4-5-10(9)13-11(8)14-2/h4-6,13H,3H2,1-2H3. The Morgan fingerprint density at radius 2 is 2.21 bits per heavy atom. The van der Waals surface area contributed by atoms with E-state index in [0.29, 0.717) is 0 Å². The van der Waals surface area contributed by atoms with Crippen molar-refractivity contribution < 1.29 is 4.39 Å². The lowest BCUT2D eigenvalue weighted by Crippen LogP contribution is -1.80. The maximum Gasteiger partial charge on any atom is 0.123 e. The second-order valence-corrected chi connectivity index (χ2v) is 4.00. The smallest absolute Gasteiger partial charge is 0.123 e. The van der Waals surface area contributed by atoms with Gasteiger partial charge in [-0.05, 0) is 36.4 Å². The number of aryl methyl sites for hydroxylation is 1. The van der Waals surface area contributed by atoms with Crippen molar-refractivity contribution in [3.05, 3.63) is 29.6 Å². The highest BCUT2D eigenvalue weighted by molar-refractivity contribution is 7.98. The molecule has 0 atom stereocenters. The molecule has 2 aromatic rings. The molecule has 0 aliphatic heterocycles. The number of nitrogens with one attached hydrogen (secondary N) is 1. The van der Waals surface area contributed by atoms with Crippen molar-refractivity contribution in [2.45, 2.75) is 18.4 Å². The summed E-state index contributed by atoms with van der Waals surface area (Å²) in [5.74, 6) is -0.168. The van der Waals surface area contributed by atoms with Crippen LogP contribution in [0.4, 0.5) is 4.39 Å². The van der Waals surface area contributed by atoms with Crippen LogP contribution < -0.4 is 0 Å². The first-order valence-electron chi connectivity index (χ1n) is 4.60. The summed E-state index contributed by atoms with van der Waals surface area (Å²) in [6, 6.07) is 4.89. The van der Waals surface area contributed by atoms with Crippen LogP contribution in [0.5, 0.6) is 0 Å². The summed E-state index contributed by atoms with van der Waals surface area (Å²) in [7, 11) is 0. The number of hydrogen-bond donors (Lipinski definition) is 1. The summed E-state index contributed by atoms with van der Waals surface area (Å²) in [6.07, 6.45) is 2.96. The molecule has 3 heteroatoms. The number of hydrogen-bond acceptors (Lipinski definition) is 1. The predicted octanol–water partition coefficient (Wildman–Crippen LogP) is 3.59. The van der Waals surface area contributed by atoms with Crippen molar-refractivity contribution in [3.63, 3.8) is 0 Å². The van der Waals surface area contributed by atoms with Crippen LogP contribution in [0.25, 0.3) is 10.9 Å². The lowest BCUT2D eigenvalue weighted by atomic mass is 10.1. The summed E-state index contributed by atoms with van der Waals surface area (Å²) in [5.41, 5.74) is 2.24. The third kappa shape index (κ3) is 1.42. The summed E-state index contributed by atoms with van der Waals surface area (Å²) < 4.78 is 13.0. The van der Waals surface area contributed by atoms with E-state index in [2.05, 4.69) is 11.9 Å². The van der Waals surface area contributed by atoms with Gasteiger partial charge in [0.15, 0.2) is 0 Å². The minimum Gasteiger partial charge on any atom is -0.350 e. The van der Waals surface area contributed by atoms with Crippen molar-refractivity contribution in [2.24, 2.45) is 0 Å². The number of fused-ring (bicyclic) bond motifs is 1. The lowest BCUT2D eigenvalue weighted by molar-refractivity contribution is 0.629. The van der Waals surface area contributed by atoms with E-state index in [1.807, 2.05) is 6.26 Å². The monoisotopic (exact) mass is 209 g/mol. The van der Waals surface area contributed by atoms with Crippen LogP contribution in [0.15, 0.2) is 23.2 Å². The van der Waals surface area contributed by atoms with E-state index >= 15 is 0 Å². The second-order valence-electron chi connectivity index (χ2n) is 3.18. The number of aromatic nitrogens is 1. The van der Waals surface area contributed by atoms with Gasteiger partial charge in [0.2, 0.25) is 0 Å². The first-order valence-corrected chi connectivity index (χ1v) is 5.82. The normalized spacial score (nSPS) is 11.1. The largest absolute Gasteiger partial charge is 0.350 e. The molecule has 0 unspecified atom stereocenters. The maximum atomic E-state index is 13.0. The molecule has 0 saturated heterocycles. The molecule has 74 valence electrons. The van der Waals surface area contributed by atoms with E-state index in [-0.39, 0.29) is 5.82 Å². The van der Waals surface area contributed by atoms with Gasteiger partial charge in [-0.25, -0.2) is 4.39 Å². The number of benzene rings is 1. The van der Waals surface area contributed by atoms with E-state index in [0.717, 1.165) is 22.3 Å². The fourth-order valence-electron chi connectivity index (χ4n) is 1.72. The molecule has 1 aromatic heterocycles. The Morgan fingerprint density at radius 3 is 2.86 bits per heavy atom. The van der Waals surface area contributed by atoms with E-state index < -0.39 is 0 Å². The number of thioether (sulfide) groups is 1. The van der Waals surface area contributed by atoms with Gasteiger partial charge in [-0.15, -0.1) is 11.8 Å². The molecule has 1 N–H and O–H groups in total. The van der Waals surface area contributed by atoms with Crippen LogP contribution in [0.3, 0.4) is 0 Å². The molecule has 0 fully saturated rings. The lowest BCUT2D eigenvalue weighted by Gasteiger charge is -1.96. The maximum absolute atomic E-state index is 13.0. The Balaban J connectivity index is 2.74. The highest BCUT2D eigenvalue weighted by atomic mass is 32.2. The first-order chi connectivity index (χ1) is 6.76. The van der Waals surface area contributed by atoms with Gasteiger partial charge in [-0.2, -0.15) is 0 Å². The minimum absolute atomic E-state index is 0.168. The Hall–Kier alpha value is -0.960. The minimum atomic E-state index is -0.168. The molecule has 14 heavy (non-hydrogen) atoms. The number of H-pyrrole nitrogens is 1. The molecule has 0 spiro atoms. The molecular weight excluding hydrogens is 197 g/mol. The van der Waals surface area contributed by atoms with E-state index in [1.54, 1.807) is 23.9 Å². The quantitative estimate of drug-likeness (QED) is 0.747. The average molecular weight is 209 g/mol. The van der Waals surface area contributed by atoms with Crippen molar-refractivity contribution in [3.8, 4) is 0 Å². The molecule has 1 nitrogen and oxygen atoms in total. The Bertz CT molecular complexity index is 462. The average Bonchev–Trinajstić information content (AvgIpc) is 2.54. The van der Waals surface area contributed by atoms with E-state index in [4.69, 9.17) is 0 Å². The topological polar surface area (TPSA) is 15.8 Å². The number of aromatic amines is 1. The van der Waals surface area contributed by atoms with Gasteiger partial charge in [0.05, 0.1) is 5.03 Å². The first kappa shape index (κ1) is 9.59. The van der Waals surface area contributed by atoms with E-state index in [1.165, 1.54) is 11.6 Å². The van der Waals surface area contributed by atoms with Crippen molar-refractivity contribution in [1.29, 1.82) is 0 Å². The van der Waals surface area contributed by atoms with Crippen LogP contribution >= 0.6 is 11.8 Å². The Labute approximate surface area is 86.7 Å². The van der Waals surface area contributed by atoms with Gasteiger partial charge in [0, 0.05) is 10.9 Å². The van der Waals surface area contributed by atoms with Crippen molar-refractivity contribution in [1.82, 2.24) is 4.98 Å². The highest BCUT2D eigenvalue weighted by Crippen LogP contribution is 2.29. The number of halogens is 1. The zero-order valence-electron chi connectivity index (χ0n) is 8.23. The van der Waals surface area contributed by atoms with Gasteiger partial charge < -0.3 is 4.98 Å². The summed E-state index contributed by atoms with van der Waals surface area (Å²) >= 11 is 1.67. The number of rotatable bonds is 2. The van der Waals surface area contributed by atoms with Gasteiger partial charge in [-0.3, -0.25) is 0 Å². The molecule has 0 bridgehead atoms. The van der Waals surface area contributed by atoms with Crippen molar-refractivity contribution in [2.75, 3.05) is 6.26 Å². The van der Waals surface area contributed by atoms with Crippen LogP contribution in [0.1, 0.15) is 12.5 Å². The highest BCUT2D eigenvalue weighted by Gasteiger charge is 2.09. The molecule has 1 aromatic carbocycles. The molecule has 0 amide bonds. The summed E-state index contributed by atoms with van der Waals surface area (Å²) in [6.45, 7) is 2.09. The predicted molar refractivity (Wildman–Crippen MR) is 59.4 cm³/mol. The zero-order chi connectivity index (χ0) is 10.1. The van der Waals surface area contributed by atoms with Crippen LogP contribution in [-0.4, -0.2) is 11.2 Å². The molecule has 0 aliphatic rings. The van der Waals surface area contributed by atoms with Crippen molar-refractivity contribution >= 4 is 22.7 Å². The molecular formula is C11H12FNS. The fourth-order valence-corrected chi connectivity index (χ4v) is 2.43. The zero-order valence-corrected chi connectivity index (χ0v) is 9.04. The molecule has 0 saturated carbocycles. The fraction of sp³-hybridized carbons (Fsp3) is 0.273. The van der Waals surface area contributed by atoms with Crippen LogP contribution in [0.2, 0.25) is 0 Å². The van der Waals surface area contributed by atoms with Crippen LogP contribution in [-0.2, 0) is 6.42 Å². The molecule has 1 heterocycles. The Kier molecular flexibility index (Phi) is 2.50. The third-order valence-electron chi connectivity index (χ3n) is 2.39. The van der Waals surface area contributed by atoms with Crippen LogP contribution in [0, 0.1) is 5.82 Å². The van der Waals surface area contributed by atoms with Gasteiger partial charge in [0.25, 0.3) is 0 Å². The third-order valence-corrected chi connectivity index (χ3v) is 3.14. The summed E-state index contributed by atoms with van der Waals surface area (Å²) in [4.78, 5) is 3.29.